The topological polar surface area (TPSA) is 45.9 Å². The first kappa shape index (κ1) is 13.9. The van der Waals surface area contributed by atoms with Gasteiger partial charge < -0.3 is 4.74 Å². The Kier molecular flexibility index (Phi) is 3.61. The van der Waals surface area contributed by atoms with Gasteiger partial charge >= 0.3 is 6.18 Å². The zero-order valence-electron chi connectivity index (χ0n) is 10.4. The molecule has 0 amide bonds. The van der Waals surface area contributed by atoms with Crippen LogP contribution in [0.2, 0.25) is 0 Å². The van der Waals surface area contributed by atoms with E-state index < -0.39 is 11.7 Å². The summed E-state index contributed by atoms with van der Waals surface area (Å²) >= 11 is 0. The van der Waals surface area contributed by atoms with Gasteiger partial charge in [0.1, 0.15) is 11.6 Å². The van der Waals surface area contributed by atoms with E-state index in [4.69, 9.17) is 10.00 Å². The maximum absolute atomic E-state index is 12.7. The number of benzene rings is 1. The van der Waals surface area contributed by atoms with Crippen LogP contribution < -0.4 is 4.74 Å². The lowest BCUT2D eigenvalue weighted by atomic mass is 10.00. The summed E-state index contributed by atoms with van der Waals surface area (Å²) < 4.78 is 43.1. The molecular formula is C14H9F3N2O. The van der Waals surface area contributed by atoms with E-state index in [0.29, 0.717) is 5.56 Å². The summed E-state index contributed by atoms with van der Waals surface area (Å²) in [5.74, 6) is 0.0856. The Labute approximate surface area is 113 Å². The largest absolute Gasteiger partial charge is 0.480 e. The van der Waals surface area contributed by atoms with Crippen molar-refractivity contribution in [3.63, 3.8) is 0 Å². The predicted molar refractivity (Wildman–Crippen MR) is 65.9 cm³/mol. The van der Waals surface area contributed by atoms with Crippen LogP contribution in [-0.2, 0) is 6.18 Å². The fourth-order valence-corrected chi connectivity index (χ4v) is 1.81. The first-order valence-electron chi connectivity index (χ1n) is 5.58. The van der Waals surface area contributed by atoms with E-state index in [1.165, 1.54) is 31.5 Å². The molecule has 0 spiro atoms. The number of methoxy groups -OCH3 is 1. The third kappa shape index (κ3) is 2.57. The molecule has 0 aliphatic rings. The Morgan fingerprint density at radius 2 is 2.00 bits per heavy atom. The van der Waals surface area contributed by atoms with E-state index in [2.05, 4.69) is 4.98 Å². The summed E-state index contributed by atoms with van der Waals surface area (Å²) in [5.41, 5.74) is -0.0217. The number of aromatic nitrogens is 1. The summed E-state index contributed by atoms with van der Waals surface area (Å²) in [6.07, 6.45) is -3.05. The van der Waals surface area contributed by atoms with Crippen LogP contribution >= 0.6 is 0 Å². The van der Waals surface area contributed by atoms with Gasteiger partial charge in [0, 0.05) is 11.8 Å². The van der Waals surface area contributed by atoms with Crippen LogP contribution in [0.5, 0.6) is 5.88 Å². The van der Waals surface area contributed by atoms with Crippen molar-refractivity contribution >= 4 is 0 Å². The van der Waals surface area contributed by atoms with Crippen LogP contribution in [0.3, 0.4) is 0 Å². The van der Waals surface area contributed by atoms with Crippen molar-refractivity contribution in [3.8, 4) is 23.1 Å². The molecule has 3 nitrogen and oxygen atoms in total. The van der Waals surface area contributed by atoms with Crippen LogP contribution in [0.4, 0.5) is 13.2 Å². The maximum atomic E-state index is 12.7. The number of hydrogen-bond acceptors (Lipinski definition) is 3. The summed E-state index contributed by atoms with van der Waals surface area (Å²) in [6.45, 7) is 0. The molecule has 102 valence electrons. The lowest BCUT2D eigenvalue weighted by molar-refractivity contribution is -0.137. The molecule has 0 N–H and O–H groups in total. The fourth-order valence-electron chi connectivity index (χ4n) is 1.81. The molecule has 6 heteroatoms. The molecule has 0 unspecified atom stereocenters. The minimum atomic E-state index is -4.43. The number of pyridine rings is 1. The lowest BCUT2D eigenvalue weighted by Crippen LogP contribution is -2.04. The molecule has 1 aromatic heterocycles. The smallest absolute Gasteiger partial charge is 0.416 e. The average Bonchev–Trinajstić information content (AvgIpc) is 2.45. The Bertz CT molecular complexity index is 675. The van der Waals surface area contributed by atoms with Crippen molar-refractivity contribution in [2.45, 2.75) is 6.18 Å². The van der Waals surface area contributed by atoms with Crippen molar-refractivity contribution < 1.29 is 17.9 Å². The monoisotopic (exact) mass is 278 g/mol. The summed E-state index contributed by atoms with van der Waals surface area (Å²) in [6, 6.07) is 8.16. The van der Waals surface area contributed by atoms with E-state index >= 15 is 0 Å². The van der Waals surface area contributed by atoms with E-state index in [-0.39, 0.29) is 17.0 Å². The normalized spacial score (nSPS) is 10.9. The molecule has 20 heavy (non-hydrogen) atoms. The van der Waals surface area contributed by atoms with Crippen LogP contribution in [0.15, 0.2) is 36.5 Å². The van der Waals surface area contributed by atoms with Gasteiger partial charge in [-0.15, -0.1) is 0 Å². The standard InChI is InChI=1S/C14H9F3N2O/c1-20-13-12(8-18)11(5-6-19-13)9-3-2-4-10(7-9)14(15,16)17/h2-7H,1H3. The van der Waals surface area contributed by atoms with E-state index in [1.54, 1.807) is 0 Å². The lowest BCUT2D eigenvalue weighted by Gasteiger charge is -2.11. The van der Waals surface area contributed by atoms with E-state index in [1.807, 2.05) is 6.07 Å². The molecule has 0 fully saturated rings. The van der Waals surface area contributed by atoms with Gasteiger partial charge in [0.25, 0.3) is 0 Å². The van der Waals surface area contributed by atoms with Crippen LogP contribution in [0, 0.1) is 11.3 Å². The number of halogens is 3. The van der Waals surface area contributed by atoms with Crippen LogP contribution in [0.25, 0.3) is 11.1 Å². The minimum Gasteiger partial charge on any atom is -0.480 e. The quantitative estimate of drug-likeness (QED) is 0.842. The number of rotatable bonds is 2. The number of alkyl halides is 3. The van der Waals surface area contributed by atoms with Crippen molar-refractivity contribution in [3.05, 3.63) is 47.7 Å². The van der Waals surface area contributed by atoms with Crippen molar-refractivity contribution in [1.29, 1.82) is 5.26 Å². The average molecular weight is 278 g/mol. The van der Waals surface area contributed by atoms with E-state index in [9.17, 15) is 13.2 Å². The van der Waals surface area contributed by atoms with Gasteiger partial charge in [0.05, 0.1) is 12.7 Å². The third-order valence-corrected chi connectivity index (χ3v) is 2.72. The third-order valence-electron chi connectivity index (χ3n) is 2.72. The highest BCUT2D eigenvalue weighted by atomic mass is 19.4. The Morgan fingerprint density at radius 3 is 2.60 bits per heavy atom. The van der Waals surface area contributed by atoms with Gasteiger partial charge in [-0.3, -0.25) is 0 Å². The molecule has 0 saturated carbocycles. The van der Waals surface area contributed by atoms with Gasteiger partial charge in [0.15, 0.2) is 0 Å². The number of nitrogens with zero attached hydrogens (tertiary/aromatic N) is 2. The molecule has 0 radical (unpaired) electrons. The second-order valence-corrected chi connectivity index (χ2v) is 3.93. The minimum absolute atomic E-state index is 0.0856. The molecule has 1 heterocycles. The highest BCUT2D eigenvalue weighted by Gasteiger charge is 2.30. The summed E-state index contributed by atoms with van der Waals surface area (Å²) in [4.78, 5) is 3.86. The second-order valence-electron chi connectivity index (χ2n) is 3.93. The van der Waals surface area contributed by atoms with Gasteiger partial charge in [-0.1, -0.05) is 12.1 Å². The molecular weight excluding hydrogens is 269 g/mol. The van der Waals surface area contributed by atoms with Gasteiger partial charge in [-0.25, -0.2) is 4.98 Å². The summed E-state index contributed by atoms with van der Waals surface area (Å²) in [5, 5.41) is 9.13. The molecule has 0 aliphatic heterocycles. The van der Waals surface area contributed by atoms with Crippen molar-refractivity contribution in [1.82, 2.24) is 4.98 Å². The second kappa shape index (κ2) is 5.21. The molecule has 0 aliphatic carbocycles. The molecule has 0 atom stereocenters. The molecule has 2 aromatic rings. The highest BCUT2D eigenvalue weighted by Crippen LogP contribution is 2.34. The molecule has 0 bridgehead atoms. The van der Waals surface area contributed by atoms with Crippen molar-refractivity contribution in [2.75, 3.05) is 7.11 Å². The number of nitriles is 1. The molecule has 1 aromatic carbocycles. The van der Waals surface area contributed by atoms with Gasteiger partial charge in [0.2, 0.25) is 5.88 Å². The van der Waals surface area contributed by atoms with Gasteiger partial charge in [-0.05, 0) is 23.8 Å². The Balaban J connectivity index is 2.61. The fraction of sp³-hybridized carbons (Fsp3) is 0.143. The van der Waals surface area contributed by atoms with Crippen LogP contribution in [-0.4, -0.2) is 12.1 Å². The predicted octanol–water partition coefficient (Wildman–Crippen LogP) is 3.65. The van der Waals surface area contributed by atoms with Crippen molar-refractivity contribution in [2.24, 2.45) is 0 Å². The SMILES string of the molecule is COc1nccc(-c2cccc(C(F)(F)F)c2)c1C#N. The Hall–Kier alpha value is -2.55. The molecule has 0 saturated heterocycles. The van der Waals surface area contributed by atoms with Gasteiger partial charge in [-0.2, -0.15) is 18.4 Å². The number of hydrogen-bond donors (Lipinski definition) is 0. The van der Waals surface area contributed by atoms with Crippen LogP contribution in [0.1, 0.15) is 11.1 Å². The first-order chi connectivity index (χ1) is 9.47. The zero-order valence-corrected chi connectivity index (χ0v) is 10.4. The first-order valence-corrected chi connectivity index (χ1v) is 5.58. The Morgan fingerprint density at radius 1 is 1.25 bits per heavy atom. The zero-order chi connectivity index (χ0) is 14.8. The maximum Gasteiger partial charge on any atom is 0.416 e. The van der Waals surface area contributed by atoms with E-state index in [0.717, 1.165) is 12.1 Å². The highest BCUT2D eigenvalue weighted by molar-refractivity contribution is 5.72. The molecule has 2 rings (SSSR count). The number of ether oxygens (including phenoxy) is 1. The summed E-state index contributed by atoms with van der Waals surface area (Å²) in [7, 11) is 1.35.